The van der Waals surface area contributed by atoms with E-state index in [1.54, 1.807) is 6.20 Å². The van der Waals surface area contributed by atoms with Gasteiger partial charge in [0, 0.05) is 47.6 Å². The molecule has 0 aliphatic heterocycles. The summed E-state index contributed by atoms with van der Waals surface area (Å²) in [6.45, 7) is 3.30. The molecule has 0 saturated heterocycles. The Morgan fingerprint density at radius 3 is 3.10 bits per heavy atom. The summed E-state index contributed by atoms with van der Waals surface area (Å²) in [4.78, 5) is 15.0. The third-order valence-corrected chi connectivity index (χ3v) is 3.27. The number of aromatic amines is 1. The molecule has 21 heavy (non-hydrogen) atoms. The van der Waals surface area contributed by atoms with E-state index in [0.29, 0.717) is 6.54 Å². The summed E-state index contributed by atoms with van der Waals surface area (Å²) < 4.78 is 1.83. The molecule has 2 aromatic heterocycles. The first-order chi connectivity index (χ1) is 10.2. The van der Waals surface area contributed by atoms with E-state index in [2.05, 4.69) is 20.7 Å². The second kappa shape index (κ2) is 5.70. The SMILES string of the molecule is CCn1cc(CNC(=O)Nc2ccc3[nH]ccc3c2)cn1. The van der Waals surface area contributed by atoms with E-state index in [-0.39, 0.29) is 6.03 Å². The van der Waals surface area contributed by atoms with E-state index in [0.717, 1.165) is 28.7 Å². The Hall–Kier alpha value is -2.76. The van der Waals surface area contributed by atoms with Crippen molar-refractivity contribution in [1.29, 1.82) is 0 Å². The highest BCUT2D eigenvalue weighted by Crippen LogP contribution is 2.17. The van der Waals surface area contributed by atoms with Gasteiger partial charge in [0.05, 0.1) is 6.20 Å². The van der Waals surface area contributed by atoms with Crippen LogP contribution in [0.3, 0.4) is 0 Å². The minimum Gasteiger partial charge on any atom is -0.361 e. The van der Waals surface area contributed by atoms with Crippen LogP contribution in [0.15, 0.2) is 42.9 Å². The zero-order valence-corrected chi connectivity index (χ0v) is 11.8. The van der Waals surface area contributed by atoms with Crippen molar-refractivity contribution < 1.29 is 4.79 Å². The number of aryl methyl sites for hydroxylation is 1. The molecule has 1 aromatic carbocycles. The Bertz CT molecular complexity index is 758. The zero-order chi connectivity index (χ0) is 14.7. The number of hydrogen-bond acceptors (Lipinski definition) is 2. The number of fused-ring (bicyclic) bond motifs is 1. The maximum Gasteiger partial charge on any atom is 0.319 e. The van der Waals surface area contributed by atoms with E-state index in [9.17, 15) is 4.79 Å². The van der Waals surface area contributed by atoms with Crippen LogP contribution in [0.4, 0.5) is 10.5 Å². The van der Waals surface area contributed by atoms with E-state index >= 15 is 0 Å². The first-order valence-corrected chi connectivity index (χ1v) is 6.88. The van der Waals surface area contributed by atoms with Crippen molar-refractivity contribution in [1.82, 2.24) is 20.1 Å². The summed E-state index contributed by atoms with van der Waals surface area (Å²) in [6.07, 6.45) is 5.56. The number of anilines is 1. The Balaban J connectivity index is 1.58. The number of nitrogens with zero attached hydrogens (tertiary/aromatic N) is 2. The third kappa shape index (κ3) is 3.05. The van der Waals surface area contributed by atoms with Crippen LogP contribution in [0.5, 0.6) is 0 Å². The lowest BCUT2D eigenvalue weighted by Gasteiger charge is -2.06. The van der Waals surface area contributed by atoms with Gasteiger partial charge in [0.25, 0.3) is 0 Å². The summed E-state index contributed by atoms with van der Waals surface area (Å²) in [6, 6.07) is 7.48. The van der Waals surface area contributed by atoms with Crippen molar-refractivity contribution in [2.45, 2.75) is 20.0 Å². The fraction of sp³-hybridized carbons (Fsp3) is 0.200. The van der Waals surface area contributed by atoms with Crippen LogP contribution >= 0.6 is 0 Å². The van der Waals surface area contributed by atoms with Crippen LogP contribution in [0.2, 0.25) is 0 Å². The number of aromatic nitrogens is 3. The van der Waals surface area contributed by atoms with E-state index in [4.69, 9.17) is 0 Å². The van der Waals surface area contributed by atoms with Gasteiger partial charge in [-0.05, 0) is 31.2 Å². The van der Waals surface area contributed by atoms with Crippen LogP contribution in [-0.4, -0.2) is 20.8 Å². The molecule has 3 rings (SSSR count). The minimum atomic E-state index is -0.228. The fourth-order valence-corrected chi connectivity index (χ4v) is 2.16. The van der Waals surface area contributed by atoms with Crippen molar-refractivity contribution in [3.05, 3.63) is 48.4 Å². The number of amides is 2. The molecule has 0 bridgehead atoms. The molecule has 0 atom stereocenters. The van der Waals surface area contributed by atoms with Crippen molar-refractivity contribution in [3.8, 4) is 0 Å². The maximum atomic E-state index is 11.9. The van der Waals surface area contributed by atoms with Crippen molar-refractivity contribution in [2.75, 3.05) is 5.32 Å². The molecular formula is C15H17N5O. The monoisotopic (exact) mass is 283 g/mol. The molecule has 3 aromatic rings. The van der Waals surface area contributed by atoms with Gasteiger partial charge in [0.15, 0.2) is 0 Å². The molecule has 6 nitrogen and oxygen atoms in total. The van der Waals surface area contributed by atoms with Gasteiger partial charge in [0.2, 0.25) is 0 Å². The van der Waals surface area contributed by atoms with Gasteiger partial charge in [-0.15, -0.1) is 0 Å². The topological polar surface area (TPSA) is 74.7 Å². The third-order valence-electron chi connectivity index (χ3n) is 3.27. The molecule has 108 valence electrons. The number of carbonyl (C=O) groups excluding carboxylic acids is 1. The second-order valence-electron chi connectivity index (χ2n) is 4.79. The summed E-state index contributed by atoms with van der Waals surface area (Å²) in [5.74, 6) is 0. The summed E-state index contributed by atoms with van der Waals surface area (Å²) in [5, 5.41) is 10.9. The largest absolute Gasteiger partial charge is 0.361 e. The normalized spacial score (nSPS) is 10.7. The zero-order valence-electron chi connectivity index (χ0n) is 11.8. The van der Waals surface area contributed by atoms with Gasteiger partial charge in [-0.2, -0.15) is 5.10 Å². The molecule has 2 amide bonds. The number of H-pyrrole nitrogens is 1. The molecule has 0 unspecified atom stereocenters. The predicted molar refractivity (Wildman–Crippen MR) is 82.1 cm³/mol. The number of hydrogen-bond donors (Lipinski definition) is 3. The number of rotatable bonds is 4. The lowest BCUT2D eigenvalue weighted by molar-refractivity contribution is 0.251. The van der Waals surface area contributed by atoms with Gasteiger partial charge >= 0.3 is 6.03 Å². The number of nitrogens with one attached hydrogen (secondary N) is 3. The fourth-order valence-electron chi connectivity index (χ4n) is 2.16. The predicted octanol–water partition coefficient (Wildman–Crippen LogP) is 2.71. The van der Waals surface area contributed by atoms with Gasteiger partial charge in [-0.1, -0.05) is 0 Å². The highest BCUT2D eigenvalue weighted by molar-refractivity contribution is 5.92. The number of benzene rings is 1. The second-order valence-corrected chi connectivity index (χ2v) is 4.79. The Kier molecular flexibility index (Phi) is 3.59. The Morgan fingerprint density at radius 1 is 1.38 bits per heavy atom. The van der Waals surface area contributed by atoms with Gasteiger partial charge in [0.1, 0.15) is 0 Å². The van der Waals surface area contributed by atoms with Crippen LogP contribution in [0.1, 0.15) is 12.5 Å². The molecule has 2 heterocycles. The Labute approximate surface area is 122 Å². The van der Waals surface area contributed by atoms with Crippen LogP contribution < -0.4 is 10.6 Å². The highest BCUT2D eigenvalue weighted by atomic mass is 16.2. The van der Waals surface area contributed by atoms with Gasteiger partial charge < -0.3 is 15.6 Å². The molecule has 3 N–H and O–H groups in total. The summed E-state index contributed by atoms with van der Waals surface area (Å²) in [5.41, 5.74) is 2.80. The first-order valence-electron chi connectivity index (χ1n) is 6.88. The van der Waals surface area contributed by atoms with E-state index in [1.807, 2.05) is 48.3 Å². The van der Waals surface area contributed by atoms with Crippen LogP contribution in [-0.2, 0) is 13.1 Å². The first kappa shape index (κ1) is 13.2. The van der Waals surface area contributed by atoms with Gasteiger partial charge in [-0.3, -0.25) is 4.68 Å². The highest BCUT2D eigenvalue weighted by Gasteiger charge is 2.04. The van der Waals surface area contributed by atoms with Crippen LogP contribution in [0, 0.1) is 0 Å². The average Bonchev–Trinajstić information content (AvgIpc) is 3.13. The molecule has 0 aliphatic rings. The summed E-state index contributed by atoms with van der Waals surface area (Å²) in [7, 11) is 0. The summed E-state index contributed by atoms with van der Waals surface area (Å²) >= 11 is 0. The molecule has 0 saturated carbocycles. The average molecular weight is 283 g/mol. The number of urea groups is 1. The lowest BCUT2D eigenvalue weighted by Crippen LogP contribution is -2.28. The standard InChI is InChI=1S/C15H17N5O/c1-2-20-10-11(9-18-20)8-17-15(21)19-13-3-4-14-12(7-13)5-6-16-14/h3-7,9-10,16H,2,8H2,1H3,(H2,17,19,21). The molecule has 0 aliphatic carbocycles. The molecular weight excluding hydrogens is 266 g/mol. The maximum absolute atomic E-state index is 11.9. The van der Waals surface area contributed by atoms with E-state index in [1.165, 1.54) is 0 Å². The molecule has 0 spiro atoms. The molecule has 6 heteroatoms. The molecule has 0 radical (unpaired) electrons. The number of carbonyl (C=O) groups is 1. The quantitative estimate of drug-likeness (QED) is 0.688. The Morgan fingerprint density at radius 2 is 2.29 bits per heavy atom. The minimum absolute atomic E-state index is 0.228. The van der Waals surface area contributed by atoms with Crippen LogP contribution in [0.25, 0.3) is 10.9 Å². The lowest BCUT2D eigenvalue weighted by atomic mass is 10.2. The van der Waals surface area contributed by atoms with Crippen molar-refractivity contribution >= 4 is 22.6 Å². The smallest absolute Gasteiger partial charge is 0.319 e. The van der Waals surface area contributed by atoms with E-state index < -0.39 is 0 Å². The molecule has 0 fully saturated rings. The van der Waals surface area contributed by atoms with Crippen molar-refractivity contribution in [2.24, 2.45) is 0 Å². The van der Waals surface area contributed by atoms with Gasteiger partial charge in [-0.25, -0.2) is 4.79 Å². The van der Waals surface area contributed by atoms with Crippen molar-refractivity contribution in [3.63, 3.8) is 0 Å².